The number of carbonyl (C=O) groups excluding carboxylic acids is 1. The van der Waals surface area contributed by atoms with E-state index >= 15 is 0 Å². The molecule has 3 rings (SSSR count). The zero-order chi connectivity index (χ0) is 17.8. The third-order valence-corrected chi connectivity index (χ3v) is 4.81. The quantitative estimate of drug-likeness (QED) is 0.840. The molecule has 1 aliphatic heterocycles. The minimum Gasteiger partial charge on any atom is -0.340 e. The van der Waals surface area contributed by atoms with Crippen LogP contribution in [-0.2, 0) is 11.3 Å². The van der Waals surface area contributed by atoms with Gasteiger partial charge in [-0.2, -0.15) is 5.10 Å². The van der Waals surface area contributed by atoms with E-state index in [4.69, 9.17) is 0 Å². The first-order valence-electron chi connectivity index (χ1n) is 9.06. The molecule has 1 amide bonds. The van der Waals surface area contributed by atoms with Gasteiger partial charge >= 0.3 is 0 Å². The van der Waals surface area contributed by atoms with Crippen LogP contribution in [0.3, 0.4) is 0 Å². The molecule has 0 spiro atoms. The van der Waals surface area contributed by atoms with E-state index in [-0.39, 0.29) is 5.91 Å². The fraction of sp³-hybridized carbons (Fsp3) is 0.500. The lowest BCUT2D eigenvalue weighted by Gasteiger charge is -2.35. The lowest BCUT2D eigenvalue weighted by Crippen LogP contribution is -2.44. The summed E-state index contributed by atoms with van der Waals surface area (Å²) in [6.45, 7) is 7.69. The number of hydrogen-bond acceptors (Lipinski definition) is 3. The van der Waals surface area contributed by atoms with Gasteiger partial charge in [-0.1, -0.05) is 32.0 Å². The van der Waals surface area contributed by atoms with E-state index in [1.54, 1.807) is 4.90 Å². The van der Waals surface area contributed by atoms with Crippen LogP contribution in [0.2, 0.25) is 0 Å². The van der Waals surface area contributed by atoms with Gasteiger partial charge < -0.3 is 4.90 Å². The molecule has 5 heteroatoms. The maximum atomic E-state index is 12.6. The average Bonchev–Trinajstić information content (AvgIpc) is 3.03. The molecule has 1 saturated heterocycles. The third-order valence-electron chi connectivity index (χ3n) is 4.81. The van der Waals surface area contributed by atoms with Gasteiger partial charge in [0, 0.05) is 38.4 Å². The molecule has 0 aliphatic carbocycles. The minimum absolute atomic E-state index is 0.175. The van der Waals surface area contributed by atoms with Crippen LogP contribution in [-0.4, -0.2) is 52.2 Å². The Balaban J connectivity index is 1.56. The van der Waals surface area contributed by atoms with Crippen molar-refractivity contribution in [3.05, 3.63) is 48.3 Å². The van der Waals surface area contributed by atoms with E-state index < -0.39 is 0 Å². The van der Waals surface area contributed by atoms with Crippen LogP contribution in [0.25, 0.3) is 5.69 Å². The largest absolute Gasteiger partial charge is 0.340 e. The van der Waals surface area contributed by atoms with Crippen molar-refractivity contribution in [1.29, 1.82) is 0 Å². The Morgan fingerprint density at radius 1 is 1.20 bits per heavy atom. The summed E-state index contributed by atoms with van der Waals surface area (Å²) in [5.74, 6) is 1.52. The molecule has 134 valence electrons. The first kappa shape index (κ1) is 17.7. The van der Waals surface area contributed by atoms with Gasteiger partial charge in [-0.3, -0.25) is 9.69 Å². The zero-order valence-corrected chi connectivity index (χ0v) is 15.4. The Morgan fingerprint density at radius 3 is 2.56 bits per heavy atom. The molecule has 2 heterocycles. The van der Waals surface area contributed by atoms with Gasteiger partial charge in [-0.25, -0.2) is 4.68 Å². The van der Waals surface area contributed by atoms with Crippen LogP contribution in [0.5, 0.6) is 0 Å². The summed E-state index contributed by atoms with van der Waals surface area (Å²) in [6.07, 6.45) is 5.09. The van der Waals surface area contributed by atoms with Crippen molar-refractivity contribution < 1.29 is 4.79 Å². The van der Waals surface area contributed by atoms with Gasteiger partial charge in [-0.15, -0.1) is 0 Å². The summed E-state index contributed by atoms with van der Waals surface area (Å²) < 4.78 is 1.85. The second-order valence-electron chi connectivity index (χ2n) is 7.52. The molecule has 0 saturated carbocycles. The second-order valence-corrected chi connectivity index (χ2v) is 7.52. The molecule has 2 atom stereocenters. The van der Waals surface area contributed by atoms with Crippen molar-refractivity contribution in [3.8, 4) is 5.69 Å². The normalized spacial score (nSPS) is 21.2. The molecular weight excluding hydrogens is 312 g/mol. The first-order valence-corrected chi connectivity index (χ1v) is 9.06. The van der Waals surface area contributed by atoms with Crippen LogP contribution in [0.1, 0.15) is 25.8 Å². The number of amides is 1. The predicted octanol–water partition coefficient (Wildman–Crippen LogP) is 2.81. The van der Waals surface area contributed by atoms with Gasteiger partial charge in [0.25, 0.3) is 0 Å². The van der Waals surface area contributed by atoms with Crippen molar-refractivity contribution in [2.75, 3.05) is 26.7 Å². The smallest absolute Gasteiger partial charge is 0.236 e. The molecule has 25 heavy (non-hydrogen) atoms. The topological polar surface area (TPSA) is 41.4 Å². The third kappa shape index (κ3) is 4.69. The highest BCUT2D eigenvalue weighted by atomic mass is 16.2. The van der Waals surface area contributed by atoms with E-state index in [1.807, 2.05) is 54.5 Å². The molecule has 2 unspecified atom stereocenters. The van der Waals surface area contributed by atoms with E-state index in [2.05, 4.69) is 23.8 Å². The number of nitrogens with zero attached hydrogens (tertiary/aromatic N) is 4. The number of carbonyl (C=O) groups is 1. The van der Waals surface area contributed by atoms with E-state index in [0.717, 1.165) is 24.3 Å². The Kier molecular flexibility index (Phi) is 5.53. The van der Waals surface area contributed by atoms with Gasteiger partial charge in [0.05, 0.1) is 18.4 Å². The predicted molar refractivity (Wildman–Crippen MR) is 99.4 cm³/mol. The SMILES string of the molecule is CC1CC(C)CN(CC(=O)N(C)Cc2cnn(-c3ccccc3)c2)C1. The lowest BCUT2D eigenvalue weighted by molar-refractivity contribution is -0.132. The first-order chi connectivity index (χ1) is 12.0. The summed E-state index contributed by atoms with van der Waals surface area (Å²) in [5, 5.41) is 4.40. The Hall–Kier alpha value is -2.14. The van der Waals surface area contributed by atoms with E-state index in [0.29, 0.717) is 24.9 Å². The molecule has 0 bridgehead atoms. The average molecular weight is 340 g/mol. The zero-order valence-electron chi connectivity index (χ0n) is 15.4. The number of piperidine rings is 1. The molecule has 0 N–H and O–H groups in total. The molecule has 2 aromatic rings. The fourth-order valence-electron chi connectivity index (χ4n) is 3.76. The molecule has 1 aromatic carbocycles. The highest BCUT2D eigenvalue weighted by molar-refractivity contribution is 5.78. The number of benzene rings is 1. The van der Waals surface area contributed by atoms with Crippen molar-refractivity contribution in [3.63, 3.8) is 0 Å². The summed E-state index contributed by atoms with van der Waals surface area (Å²) >= 11 is 0. The Bertz CT molecular complexity index is 687. The highest BCUT2D eigenvalue weighted by Gasteiger charge is 2.24. The van der Waals surface area contributed by atoms with E-state index in [1.165, 1.54) is 6.42 Å². The van der Waals surface area contributed by atoms with Crippen molar-refractivity contribution >= 4 is 5.91 Å². The van der Waals surface area contributed by atoms with Gasteiger partial charge in [-0.05, 0) is 30.4 Å². The summed E-state index contributed by atoms with van der Waals surface area (Å²) in [7, 11) is 1.87. The molecule has 5 nitrogen and oxygen atoms in total. The number of rotatable bonds is 5. The Labute approximate surface area is 150 Å². The van der Waals surface area contributed by atoms with Crippen LogP contribution in [0.15, 0.2) is 42.7 Å². The molecule has 0 radical (unpaired) electrons. The van der Waals surface area contributed by atoms with Gasteiger partial charge in [0.15, 0.2) is 0 Å². The van der Waals surface area contributed by atoms with Gasteiger partial charge in [0.2, 0.25) is 5.91 Å². The number of likely N-dealkylation sites (N-methyl/N-ethyl adjacent to an activating group) is 1. The fourth-order valence-corrected chi connectivity index (χ4v) is 3.76. The minimum atomic E-state index is 0.175. The molecule has 1 aliphatic rings. The molecule has 1 aromatic heterocycles. The van der Waals surface area contributed by atoms with Crippen LogP contribution >= 0.6 is 0 Å². The molecular formula is C20H28N4O. The second kappa shape index (κ2) is 7.83. The van der Waals surface area contributed by atoms with Crippen molar-refractivity contribution in [2.45, 2.75) is 26.8 Å². The van der Waals surface area contributed by atoms with Crippen LogP contribution < -0.4 is 0 Å². The number of aromatic nitrogens is 2. The van der Waals surface area contributed by atoms with Crippen molar-refractivity contribution in [2.24, 2.45) is 11.8 Å². The number of para-hydroxylation sites is 1. The summed E-state index contributed by atoms with van der Waals surface area (Å²) in [4.78, 5) is 16.7. The highest BCUT2D eigenvalue weighted by Crippen LogP contribution is 2.20. The molecule has 1 fully saturated rings. The standard InChI is InChI=1S/C20H28N4O/c1-16-9-17(2)12-23(11-16)15-20(25)22(3)13-18-10-21-24(14-18)19-7-5-4-6-8-19/h4-8,10,14,16-17H,9,11-13,15H2,1-3H3. The van der Waals surface area contributed by atoms with Crippen LogP contribution in [0.4, 0.5) is 0 Å². The monoisotopic (exact) mass is 340 g/mol. The lowest BCUT2D eigenvalue weighted by atomic mass is 9.92. The maximum absolute atomic E-state index is 12.6. The van der Waals surface area contributed by atoms with Crippen LogP contribution in [0, 0.1) is 11.8 Å². The van der Waals surface area contributed by atoms with Crippen molar-refractivity contribution in [1.82, 2.24) is 19.6 Å². The summed E-state index contributed by atoms with van der Waals surface area (Å²) in [6, 6.07) is 10.0. The summed E-state index contributed by atoms with van der Waals surface area (Å²) in [5.41, 5.74) is 2.07. The van der Waals surface area contributed by atoms with Gasteiger partial charge in [0.1, 0.15) is 0 Å². The maximum Gasteiger partial charge on any atom is 0.236 e. The number of likely N-dealkylation sites (tertiary alicyclic amines) is 1. The number of hydrogen-bond donors (Lipinski definition) is 0. The Morgan fingerprint density at radius 2 is 1.88 bits per heavy atom. The van der Waals surface area contributed by atoms with E-state index in [9.17, 15) is 4.79 Å².